The fourth-order valence-electron chi connectivity index (χ4n) is 3.34. The largest absolute Gasteiger partial charge is 0.450 e. The molecule has 0 bridgehead atoms. The molecule has 0 unspecified atom stereocenters. The Balaban J connectivity index is 1.55. The molecule has 7 heteroatoms. The summed E-state index contributed by atoms with van der Waals surface area (Å²) in [6.45, 7) is 4.98. The van der Waals surface area contributed by atoms with Crippen LogP contribution in [0.4, 0.5) is 16.6 Å². The molecule has 1 aromatic heterocycles. The van der Waals surface area contributed by atoms with Crippen LogP contribution in [0, 0.1) is 0 Å². The lowest BCUT2D eigenvalue weighted by Crippen LogP contribution is -2.49. The molecule has 1 saturated heterocycles. The van der Waals surface area contributed by atoms with Gasteiger partial charge in [-0.05, 0) is 25.8 Å². The molecule has 2 aliphatic rings. The summed E-state index contributed by atoms with van der Waals surface area (Å²) in [6.07, 6.45) is 7.96. The Morgan fingerprint density at radius 2 is 2.00 bits per heavy atom. The zero-order chi connectivity index (χ0) is 16.8. The van der Waals surface area contributed by atoms with Crippen LogP contribution in [0.25, 0.3) is 0 Å². The highest BCUT2D eigenvalue weighted by Gasteiger charge is 2.23. The van der Waals surface area contributed by atoms with Crippen LogP contribution < -0.4 is 10.2 Å². The van der Waals surface area contributed by atoms with Crippen molar-refractivity contribution in [2.75, 3.05) is 43.0 Å². The molecule has 1 aliphatic heterocycles. The number of anilines is 2. The van der Waals surface area contributed by atoms with Gasteiger partial charge in [-0.3, -0.25) is 0 Å². The fraction of sp³-hybridized carbons (Fsp3) is 0.706. The molecule has 0 atom stereocenters. The summed E-state index contributed by atoms with van der Waals surface area (Å²) < 4.78 is 5.05. The van der Waals surface area contributed by atoms with Gasteiger partial charge in [-0.25, -0.2) is 9.78 Å². The van der Waals surface area contributed by atoms with Gasteiger partial charge in [0.15, 0.2) is 0 Å². The summed E-state index contributed by atoms with van der Waals surface area (Å²) in [5.74, 6) is 1.64. The zero-order valence-electron chi connectivity index (χ0n) is 14.4. The Morgan fingerprint density at radius 1 is 1.25 bits per heavy atom. The third kappa shape index (κ3) is 4.27. The van der Waals surface area contributed by atoms with Crippen LogP contribution in [0.15, 0.2) is 12.3 Å². The topological polar surface area (TPSA) is 70.6 Å². The van der Waals surface area contributed by atoms with Gasteiger partial charge in [0.1, 0.15) is 5.82 Å². The minimum atomic E-state index is -0.231. The third-order valence-corrected chi connectivity index (χ3v) is 4.69. The van der Waals surface area contributed by atoms with Crippen molar-refractivity contribution in [2.24, 2.45) is 0 Å². The van der Waals surface area contributed by atoms with Crippen LogP contribution >= 0.6 is 0 Å². The van der Waals surface area contributed by atoms with E-state index in [-0.39, 0.29) is 6.09 Å². The first kappa shape index (κ1) is 16.8. The highest BCUT2D eigenvalue weighted by atomic mass is 16.6. The Bertz CT molecular complexity index is 540. The highest BCUT2D eigenvalue weighted by Crippen LogP contribution is 2.21. The number of nitrogens with zero attached hydrogens (tertiary/aromatic N) is 4. The predicted octanol–water partition coefficient (Wildman–Crippen LogP) is 2.50. The Hall–Kier alpha value is -2.05. The second-order valence-corrected chi connectivity index (χ2v) is 6.39. The molecule has 2 fully saturated rings. The Labute approximate surface area is 143 Å². The lowest BCUT2D eigenvalue weighted by atomic mass is 9.95. The Kier molecular flexibility index (Phi) is 5.72. The van der Waals surface area contributed by atoms with Crippen molar-refractivity contribution in [3.63, 3.8) is 0 Å². The van der Waals surface area contributed by atoms with Crippen LogP contribution in [0.2, 0.25) is 0 Å². The molecule has 24 heavy (non-hydrogen) atoms. The number of carbonyl (C=O) groups is 1. The SMILES string of the molecule is CCOC(=O)N1CCN(c2nccc(NC3CCCCC3)n2)CC1. The Morgan fingerprint density at radius 3 is 2.71 bits per heavy atom. The average Bonchev–Trinajstić information content (AvgIpc) is 2.63. The number of hydrogen-bond donors (Lipinski definition) is 1. The van der Waals surface area contributed by atoms with Gasteiger partial charge in [-0.2, -0.15) is 4.98 Å². The van der Waals surface area contributed by atoms with Crippen molar-refractivity contribution in [3.05, 3.63) is 12.3 Å². The first-order chi connectivity index (χ1) is 11.8. The summed E-state index contributed by atoms with van der Waals surface area (Å²) in [5, 5.41) is 3.54. The van der Waals surface area contributed by atoms with Gasteiger partial charge < -0.3 is 19.9 Å². The van der Waals surface area contributed by atoms with E-state index in [4.69, 9.17) is 4.74 Å². The van der Waals surface area contributed by atoms with E-state index < -0.39 is 0 Å². The standard InChI is InChI=1S/C17H27N5O2/c1-2-24-17(23)22-12-10-21(11-13-22)16-18-9-8-15(20-16)19-14-6-4-3-5-7-14/h8-9,14H,2-7,10-13H2,1H3,(H,18,19,20). The molecule has 1 aliphatic carbocycles. The van der Waals surface area contributed by atoms with E-state index in [1.807, 2.05) is 19.2 Å². The lowest BCUT2D eigenvalue weighted by Gasteiger charge is -2.34. The number of nitrogens with one attached hydrogen (secondary N) is 1. The minimum Gasteiger partial charge on any atom is -0.450 e. The maximum atomic E-state index is 11.8. The van der Waals surface area contributed by atoms with E-state index in [1.54, 1.807) is 4.90 Å². The van der Waals surface area contributed by atoms with Gasteiger partial charge in [0, 0.05) is 38.4 Å². The molecule has 1 saturated carbocycles. The third-order valence-electron chi connectivity index (χ3n) is 4.69. The molecule has 0 aromatic carbocycles. The summed E-state index contributed by atoms with van der Waals surface area (Å²) in [6, 6.07) is 2.47. The normalized spacial score (nSPS) is 19.2. The molecule has 0 radical (unpaired) electrons. The number of hydrogen-bond acceptors (Lipinski definition) is 6. The van der Waals surface area contributed by atoms with E-state index >= 15 is 0 Å². The summed E-state index contributed by atoms with van der Waals surface area (Å²) in [4.78, 5) is 24.7. The minimum absolute atomic E-state index is 0.231. The predicted molar refractivity (Wildman–Crippen MR) is 93.3 cm³/mol. The smallest absolute Gasteiger partial charge is 0.409 e. The zero-order valence-corrected chi connectivity index (χ0v) is 14.4. The number of rotatable bonds is 4. The van der Waals surface area contributed by atoms with Gasteiger partial charge in [-0.15, -0.1) is 0 Å². The van der Waals surface area contributed by atoms with Gasteiger partial charge >= 0.3 is 6.09 Å². The van der Waals surface area contributed by atoms with E-state index in [2.05, 4.69) is 20.2 Å². The van der Waals surface area contributed by atoms with Crippen molar-refractivity contribution in [1.29, 1.82) is 0 Å². The van der Waals surface area contributed by atoms with Crippen LogP contribution in [-0.2, 0) is 4.74 Å². The maximum absolute atomic E-state index is 11.8. The van der Waals surface area contributed by atoms with Gasteiger partial charge in [0.2, 0.25) is 5.95 Å². The molecule has 2 heterocycles. The fourth-order valence-corrected chi connectivity index (χ4v) is 3.34. The number of amides is 1. The highest BCUT2D eigenvalue weighted by molar-refractivity contribution is 5.68. The maximum Gasteiger partial charge on any atom is 0.409 e. The molecule has 1 aromatic rings. The van der Waals surface area contributed by atoms with Crippen LogP contribution in [0.1, 0.15) is 39.0 Å². The van der Waals surface area contributed by atoms with Crippen molar-refractivity contribution >= 4 is 17.9 Å². The molecular formula is C17H27N5O2. The first-order valence-electron chi connectivity index (χ1n) is 9.02. The summed E-state index contributed by atoms with van der Waals surface area (Å²) in [5.41, 5.74) is 0. The van der Waals surface area contributed by atoms with Crippen LogP contribution in [0.5, 0.6) is 0 Å². The van der Waals surface area contributed by atoms with Gasteiger partial charge in [0.05, 0.1) is 6.61 Å². The van der Waals surface area contributed by atoms with E-state index in [0.717, 1.165) is 24.9 Å². The first-order valence-corrected chi connectivity index (χ1v) is 9.02. The number of piperazine rings is 1. The van der Waals surface area contributed by atoms with Crippen molar-refractivity contribution < 1.29 is 9.53 Å². The van der Waals surface area contributed by atoms with Crippen molar-refractivity contribution in [2.45, 2.75) is 45.1 Å². The summed E-state index contributed by atoms with van der Waals surface area (Å²) >= 11 is 0. The van der Waals surface area contributed by atoms with E-state index in [1.165, 1.54) is 32.1 Å². The quantitative estimate of drug-likeness (QED) is 0.913. The van der Waals surface area contributed by atoms with Crippen molar-refractivity contribution in [3.8, 4) is 0 Å². The van der Waals surface area contributed by atoms with E-state index in [0.29, 0.717) is 25.7 Å². The molecule has 3 rings (SSSR count). The van der Waals surface area contributed by atoms with Crippen LogP contribution in [0.3, 0.4) is 0 Å². The number of aromatic nitrogens is 2. The number of carbonyl (C=O) groups excluding carboxylic acids is 1. The van der Waals surface area contributed by atoms with Crippen molar-refractivity contribution in [1.82, 2.24) is 14.9 Å². The molecule has 1 amide bonds. The van der Waals surface area contributed by atoms with Gasteiger partial charge in [-0.1, -0.05) is 19.3 Å². The van der Waals surface area contributed by atoms with Crippen LogP contribution in [-0.4, -0.2) is 59.8 Å². The molecular weight excluding hydrogens is 306 g/mol. The average molecular weight is 333 g/mol. The molecule has 1 N–H and O–H groups in total. The molecule has 0 spiro atoms. The van der Waals surface area contributed by atoms with Gasteiger partial charge in [0.25, 0.3) is 0 Å². The lowest BCUT2D eigenvalue weighted by molar-refractivity contribution is 0.105. The second-order valence-electron chi connectivity index (χ2n) is 6.39. The second kappa shape index (κ2) is 8.17. The molecule has 7 nitrogen and oxygen atoms in total. The number of ether oxygens (including phenoxy) is 1. The monoisotopic (exact) mass is 333 g/mol. The van der Waals surface area contributed by atoms with E-state index in [9.17, 15) is 4.79 Å². The summed E-state index contributed by atoms with van der Waals surface area (Å²) in [7, 11) is 0. The molecule has 132 valence electrons.